The summed E-state index contributed by atoms with van der Waals surface area (Å²) < 4.78 is 0. The Kier molecular flexibility index (Phi) is 29.9. The Morgan fingerprint density at radius 1 is 0.500 bits per heavy atom. The fourth-order valence-electron chi connectivity index (χ4n) is 9.59. The van der Waals surface area contributed by atoms with Gasteiger partial charge in [-0.15, -0.1) is 0 Å². The lowest BCUT2D eigenvalue weighted by Crippen LogP contribution is -2.61. The number of para-hydroxylation sites is 1. The summed E-state index contributed by atoms with van der Waals surface area (Å²) in [4.78, 5) is 169. The summed E-state index contributed by atoms with van der Waals surface area (Å²) in [5, 5.41) is 43.6. The average Bonchev–Trinajstić information content (AvgIpc) is 1.55. The number of phenols is 1. The molecule has 94 heavy (non-hydrogen) atoms. The van der Waals surface area contributed by atoms with E-state index in [1.165, 1.54) is 43.7 Å². The molecule has 34 heteroatoms. The Morgan fingerprint density at radius 3 is 1.40 bits per heavy atom. The fourth-order valence-corrected chi connectivity index (χ4v) is 10.1. The smallest absolute Gasteiger partial charge is 0.327 e. The average molecular weight is 1340 g/mol. The molecular weight excluding hydrogens is 1260 g/mol. The number of hydrogen-bond acceptors (Lipinski definition) is 17. The Labute approximate surface area is 551 Å². The lowest BCUT2D eigenvalue weighted by molar-refractivity contribution is -0.141. The quantitative estimate of drug-likeness (QED) is 0.00788. The predicted molar refractivity (Wildman–Crippen MR) is 353 cm³/mol. The van der Waals surface area contributed by atoms with Crippen molar-refractivity contribution in [1.82, 2.24) is 62.8 Å². The zero-order valence-electron chi connectivity index (χ0n) is 51.3. The number of phenolic OH excluding ortho intramolecular Hbond substituents is 1. The van der Waals surface area contributed by atoms with E-state index in [2.05, 4.69) is 98.0 Å². The number of nitrogens with zero attached hydrogens (tertiary/aromatic N) is 3. The number of benzene rings is 3. The minimum Gasteiger partial charge on any atom is -0.508 e. The van der Waals surface area contributed by atoms with Crippen LogP contribution in [-0.4, -0.2) is 181 Å². The molecule has 0 unspecified atom stereocenters. The van der Waals surface area contributed by atoms with E-state index in [9.17, 15) is 63.0 Å². The summed E-state index contributed by atoms with van der Waals surface area (Å²) in [7, 11) is 0. The molecule has 2 aromatic heterocycles. The molecule has 3 aromatic carbocycles. The highest BCUT2D eigenvalue weighted by atomic mass is 32.1. The van der Waals surface area contributed by atoms with Gasteiger partial charge in [-0.2, -0.15) is 25.3 Å². The van der Waals surface area contributed by atoms with Gasteiger partial charge >= 0.3 is 5.97 Å². The number of nitrogens with two attached hydrogens (primary N) is 5. The van der Waals surface area contributed by atoms with E-state index in [-0.39, 0.29) is 87.9 Å². The van der Waals surface area contributed by atoms with Gasteiger partial charge in [0.25, 0.3) is 0 Å². The number of carbonyl (C=O) groups excluding carboxylic acids is 10. The van der Waals surface area contributed by atoms with Gasteiger partial charge in [-0.3, -0.25) is 57.9 Å². The molecule has 0 aliphatic carbocycles. The molecule has 9 atom stereocenters. The number of H-pyrrole nitrogens is 2. The van der Waals surface area contributed by atoms with Crippen molar-refractivity contribution >= 4 is 113 Å². The number of amides is 10. The normalized spacial score (nSPS) is 13.8. The van der Waals surface area contributed by atoms with Crippen LogP contribution < -0.4 is 76.5 Å². The van der Waals surface area contributed by atoms with Crippen LogP contribution in [0.3, 0.4) is 0 Å². The second-order valence-electron chi connectivity index (χ2n) is 21.8. The molecule has 0 aliphatic rings. The number of hydrogen-bond donors (Lipinski definition) is 20. The van der Waals surface area contributed by atoms with Crippen LogP contribution >= 0.6 is 25.3 Å². The molecule has 0 fully saturated rings. The van der Waals surface area contributed by atoms with Crippen LogP contribution in [0.25, 0.3) is 10.9 Å². The molecule has 0 saturated heterocycles. The number of imidazole rings is 1. The number of carbonyl (C=O) groups is 11. The maximum atomic E-state index is 14.8. The van der Waals surface area contributed by atoms with Crippen molar-refractivity contribution in [3.63, 3.8) is 0 Å². The van der Waals surface area contributed by atoms with E-state index in [1.54, 1.807) is 60.8 Å². The van der Waals surface area contributed by atoms with Gasteiger partial charge in [-0.25, -0.2) is 9.78 Å². The van der Waals surface area contributed by atoms with E-state index in [4.69, 9.17) is 28.7 Å². The topological polar surface area (TPSA) is 536 Å². The molecule has 506 valence electrons. The Morgan fingerprint density at radius 2 is 0.926 bits per heavy atom. The van der Waals surface area contributed by atoms with Crippen molar-refractivity contribution in [2.75, 3.05) is 24.6 Å². The van der Waals surface area contributed by atoms with Gasteiger partial charge < -0.3 is 96.7 Å². The number of fused-ring (bicyclic) bond motifs is 1. The molecule has 32 nitrogen and oxygen atoms in total. The van der Waals surface area contributed by atoms with E-state index < -0.39 is 138 Å². The fraction of sp³-hybridized carbons (Fsp3) is 0.400. The Bertz CT molecular complexity index is 3460. The Balaban J connectivity index is 1.42. The van der Waals surface area contributed by atoms with Crippen LogP contribution in [0, 0.1) is 0 Å². The highest BCUT2D eigenvalue weighted by Crippen LogP contribution is 2.20. The second kappa shape index (κ2) is 37.8. The highest BCUT2D eigenvalue weighted by Gasteiger charge is 2.36. The van der Waals surface area contributed by atoms with Crippen LogP contribution in [0.2, 0.25) is 0 Å². The number of carboxylic acid groups (broad SMARTS) is 1. The lowest BCUT2D eigenvalue weighted by atomic mass is 10.0. The lowest BCUT2D eigenvalue weighted by Gasteiger charge is -2.28. The third kappa shape index (κ3) is 25.0. The summed E-state index contributed by atoms with van der Waals surface area (Å²) in [6.07, 6.45) is 2.61. The molecule has 0 radical (unpaired) electrons. The number of aromatic hydroxyl groups is 1. The van der Waals surface area contributed by atoms with Crippen molar-refractivity contribution in [2.45, 2.75) is 126 Å². The molecule has 0 spiro atoms. The molecule has 5 aromatic rings. The Hall–Kier alpha value is -10.4. The monoisotopic (exact) mass is 1340 g/mol. The zero-order chi connectivity index (χ0) is 68.9. The number of aliphatic imine (C=N–C) groups is 2. The standard InChI is InChI=1S/C60H81N19O13S2/c1-32(80)71-43(24-34-15-17-37(81)18-16-34)53(86)72-41(14-8-22-68-60(64)65)51(84)78-47(29-93)57(90)74-42(19-20-49(61)82)52(85)77-46(26-36-28-66-31-70-36)56(89)75-44(23-33-9-3-2-4-10-33)54(87)73-40(13-7-21-67-59(62)63)50(83)76-45(55(88)79-48(30-94)58(91)92)25-35-27-69-39-12-6-5-11-38(35)39/h2-6,9-12,15-18,27-28,31,40-48,69,81,93-94H,7-8,13-14,19-26,29-30H2,1H3,(H2,61,82)(H,66,70)(H,71,80)(H,72,86)(H,73,87)(H,74,90)(H,75,89)(H,76,83)(H,77,85)(H,78,84)(H,79,88)(H,91,92)(H4,62,63,67)(H4,64,65,68)/t40-,41-,42-,43-,44+,45-,46-,47-,48-/m0/s1. The minimum absolute atomic E-state index is 0.0105. The van der Waals surface area contributed by atoms with E-state index in [0.29, 0.717) is 33.3 Å². The van der Waals surface area contributed by atoms with Gasteiger partial charge in [-0.05, 0) is 67.0 Å². The van der Waals surface area contributed by atoms with Crippen molar-refractivity contribution in [2.24, 2.45) is 38.7 Å². The molecule has 23 N–H and O–H groups in total. The molecule has 2 heterocycles. The molecule has 5 rings (SSSR count). The van der Waals surface area contributed by atoms with E-state index in [0.717, 1.165) is 0 Å². The SMILES string of the molecule is CC(=O)N[C@@H](Cc1ccc(O)cc1)C(=O)N[C@@H](CCCN=C(N)N)C(=O)N[C@@H](CS)C(=O)N[C@@H](CCC(N)=O)C(=O)N[C@@H](Cc1cnc[nH]1)C(=O)N[C@H](Cc1ccccc1)C(=O)N[C@@H](CCCN=C(N)N)C(=O)N[C@@H](Cc1c[nH]c2ccccc12)C(=O)N[C@@H](CS)C(=O)O. The predicted octanol–water partition coefficient (Wildman–Crippen LogP) is -3.43. The number of nitrogens with one attached hydrogen (secondary N) is 11. The third-order valence-corrected chi connectivity index (χ3v) is 15.1. The first-order valence-corrected chi connectivity index (χ1v) is 31.0. The maximum Gasteiger partial charge on any atom is 0.327 e. The van der Waals surface area contributed by atoms with Gasteiger partial charge in [-0.1, -0.05) is 60.7 Å². The molecule has 0 saturated carbocycles. The summed E-state index contributed by atoms with van der Waals surface area (Å²) >= 11 is 8.37. The third-order valence-electron chi connectivity index (χ3n) is 14.4. The first-order chi connectivity index (χ1) is 44.8. The first kappa shape index (κ1) is 74.3. The van der Waals surface area contributed by atoms with Crippen LogP contribution in [-0.2, 0) is 78.4 Å². The number of aromatic amines is 2. The number of thiol groups is 2. The number of guanidine groups is 2. The summed E-state index contributed by atoms with van der Waals surface area (Å²) in [6, 6.07) is 8.15. The van der Waals surface area contributed by atoms with Gasteiger partial charge in [0.2, 0.25) is 59.1 Å². The largest absolute Gasteiger partial charge is 0.508 e. The molecule has 0 aliphatic heterocycles. The number of primary amides is 1. The number of carboxylic acids is 1. The molecule has 10 amide bonds. The van der Waals surface area contributed by atoms with Crippen LogP contribution in [0.1, 0.15) is 67.8 Å². The van der Waals surface area contributed by atoms with Crippen molar-refractivity contribution < 1.29 is 63.0 Å². The van der Waals surface area contributed by atoms with Crippen molar-refractivity contribution in [3.05, 3.63) is 120 Å². The highest BCUT2D eigenvalue weighted by molar-refractivity contribution is 7.80. The molecular formula is C60H81N19O13S2. The van der Waals surface area contributed by atoms with Crippen molar-refractivity contribution in [3.8, 4) is 5.75 Å². The van der Waals surface area contributed by atoms with E-state index >= 15 is 0 Å². The van der Waals surface area contributed by atoms with Crippen LogP contribution in [0.15, 0.2) is 108 Å². The summed E-state index contributed by atoms with van der Waals surface area (Å²) in [5.74, 6) is -11.5. The summed E-state index contributed by atoms with van der Waals surface area (Å²) in [6.45, 7) is 1.20. The molecule has 0 bridgehead atoms. The number of rotatable bonds is 39. The van der Waals surface area contributed by atoms with Crippen molar-refractivity contribution in [1.29, 1.82) is 0 Å². The maximum absolute atomic E-state index is 14.8. The van der Waals surface area contributed by atoms with Gasteiger partial charge in [0.15, 0.2) is 11.9 Å². The first-order valence-electron chi connectivity index (χ1n) is 29.7. The van der Waals surface area contributed by atoms with Gasteiger partial charge in [0.1, 0.15) is 60.1 Å². The zero-order valence-corrected chi connectivity index (χ0v) is 53.1. The number of aromatic nitrogens is 3. The van der Waals surface area contributed by atoms with Crippen LogP contribution in [0.5, 0.6) is 5.75 Å². The summed E-state index contributed by atoms with van der Waals surface area (Å²) in [5.41, 5.74) is 30.4. The van der Waals surface area contributed by atoms with E-state index in [1.807, 2.05) is 0 Å². The minimum atomic E-state index is -1.65. The number of aliphatic carboxylic acids is 1. The van der Waals surface area contributed by atoms with Gasteiger partial charge in [0.05, 0.1) is 6.33 Å². The van der Waals surface area contributed by atoms with Gasteiger partial charge in [0, 0.05) is 92.6 Å². The van der Waals surface area contributed by atoms with Crippen LogP contribution in [0.4, 0.5) is 0 Å². The second-order valence-corrected chi connectivity index (χ2v) is 22.5.